The molecule has 3 rings (SSSR count). The molecule has 0 aliphatic heterocycles. The van der Waals surface area contributed by atoms with Gasteiger partial charge in [-0.15, -0.1) is 0 Å². The Balaban J connectivity index is 1.52. The van der Waals surface area contributed by atoms with Crippen LogP contribution in [0.15, 0.2) is 71.3 Å². The minimum atomic E-state index is -0.775. The van der Waals surface area contributed by atoms with Crippen LogP contribution in [-0.4, -0.2) is 23.1 Å². The fraction of sp³-hybridized carbons (Fsp3) is 0.150. The Bertz CT molecular complexity index is 875. The summed E-state index contributed by atoms with van der Waals surface area (Å²) in [5, 5.41) is 6.50. The number of hydrogen-bond donors (Lipinski definition) is 1. The van der Waals surface area contributed by atoms with Gasteiger partial charge in [0.25, 0.3) is 5.91 Å². The molecule has 1 atom stereocenters. The third-order valence-electron chi connectivity index (χ3n) is 3.72. The maximum atomic E-state index is 12.1. The average molecular weight is 350 g/mol. The van der Waals surface area contributed by atoms with Crippen LogP contribution in [0, 0.1) is 0 Å². The topological polar surface area (TPSA) is 81.4 Å². The predicted octanol–water partition coefficient (Wildman–Crippen LogP) is 3.20. The van der Waals surface area contributed by atoms with E-state index in [9.17, 15) is 9.59 Å². The predicted molar refractivity (Wildman–Crippen MR) is 95.1 cm³/mol. The summed E-state index contributed by atoms with van der Waals surface area (Å²) < 4.78 is 10.5. The van der Waals surface area contributed by atoms with Crippen molar-refractivity contribution in [2.75, 3.05) is 0 Å². The minimum Gasteiger partial charge on any atom is -0.458 e. The Labute approximate surface area is 150 Å². The number of hydrogen-bond acceptors (Lipinski definition) is 5. The van der Waals surface area contributed by atoms with Crippen LogP contribution in [-0.2, 0) is 16.1 Å². The summed E-state index contributed by atoms with van der Waals surface area (Å²) in [5.74, 6) is -0.275. The van der Waals surface area contributed by atoms with Crippen LogP contribution < -0.4 is 5.32 Å². The van der Waals surface area contributed by atoms with Gasteiger partial charge in [-0.05, 0) is 19.1 Å². The zero-order valence-electron chi connectivity index (χ0n) is 14.2. The summed E-state index contributed by atoms with van der Waals surface area (Å²) in [6, 6.07) is 19.1. The van der Waals surface area contributed by atoms with E-state index in [-0.39, 0.29) is 12.5 Å². The highest BCUT2D eigenvalue weighted by atomic mass is 16.5. The second-order valence-electron chi connectivity index (χ2n) is 5.72. The minimum absolute atomic E-state index is 0.0271. The highest BCUT2D eigenvalue weighted by Gasteiger charge is 2.18. The van der Waals surface area contributed by atoms with Crippen molar-refractivity contribution in [3.8, 4) is 11.3 Å². The number of benzene rings is 2. The molecule has 3 aromatic rings. The first-order valence-electron chi connectivity index (χ1n) is 8.17. The second-order valence-corrected chi connectivity index (χ2v) is 5.72. The van der Waals surface area contributed by atoms with Crippen molar-refractivity contribution in [2.45, 2.75) is 19.6 Å². The summed E-state index contributed by atoms with van der Waals surface area (Å²) in [4.78, 5) is 24.1. The van der Waals surface area contributed by atoms with Gasteiger partial charge in [0.15, 0.2) is 5.76 Å². The first kappa shape index (κ1) is 17.4. The van der Waals surface area contributed by atoms with Crippen LogP contribution in [0.1, 0.15) is 23.0 Å². The van der Waals surface area contributed by atoms with Gasteiger partial charge in [-0.25, -0.2) is 4.79 Å². The first-order chi connectivity index (χ1) is 12.6. The Kier molecular flexibility index (Phi) is 5.43. The Morgan fingerprint density at radius 3 is 2.42 bits per heavy atom. The molecule has 0 bridgehead atoms. The van der Waals surface area contributed by atoms with Gasteiger partial charge in [-0.3, -0.25) is 4.79 Å². The lowest BCUT2D eigenvalue weighted by atomic mass is 10.2. The van der Waals surface area contributed by atoms with Gasteiger partial charge < -0.3 is 14.6 Å². The largest absolute Gasteiger partial charge is 0.458 e. The number of nitrogens with one attached hydrogen (secondary N) is 1. The molecule has 132 valence electrons. The average Bonchev–Trinajstić information content (AvgIpc) is 3.16. The number of carbonyl (C=O) groups is 2. The fourth-order valence-corrected chi connectivity index (χ4v) is 2.32. The number of nitrogens with zero attached hydrogens (tertiary/aromatic N) is 1. The third kappa shape index (κ3) is 4.36. The number of esters is 1. The van der Waals surface area contributed by atoms with Crippen molar-refractivity contribution in [1.29, 1.82) is 0 Å². The van der Waals surface area contributed by atoms with Gasteiger partial charge in [0.2, 0.25) is 0 Å². The summed E-state index contributed by atoms with van der Waals surface area (Å²) in [5.41, 5.74) is 1.87. The molecule has 1 amide bonds. The normalized spacial score (nSPS) is 11.6. The molecular formula is C20H18N2O4. The van der Waals surface area contributed by atoms with Crippen molar-refractivity contribution in [3.05, 3.63) is 78.0 Å². The third-order valence-corrected chi connectivity index (χ3v) is 3.72. The van der Waals surface area contributed by atoms with E-state index < -0.39 is 12.0 Å². The highest BCUT2D eigenvalue weighted by Crippen LogP contribution is 2.20. The lowest BCUT2D eigenvalue weighted by molar-refractivity contribution is -0.146. The van der Waals surface area contributed by atoms with Crippen molar-refractivity contribution in [3.63, 3.8) is 0 Å². The Hall–Kier alpha value is -3.41. The van der Waals surface area contributed by atoms with E-state index in [0.29, 0.717) is 17.0 Å². The molecule has 0 unspecified atom stereocenters. The Morgan fingerprint density at radius 1 is 1.08 bits per heavy atom. The van der Waals surface area contributed by atoms with Crippen molar-refractivity contribution < 1.29 is 18.8 Å². The summed E-state index contributed by atoms with van der Waals surface area (Å²) >= 11 is 0. The van der Waals surface area contributed by atoms with Crippen LogP contribution >= 0.6 is 0 Å². The van der Waals surface area contributed by atoms with E-state index >= 15 is 0 Å². The molecule has 0 fully saturated rings. The standard InChI is InChI=1S/C20H18N2O4/c1-14(21-19(23)16-10-6-3-7-11-16)20(24)25-13-17-12-18(26-22-17)15-8-4-2-5-9-15/h2-12,14H,13H2,1H3,(H,21,23)/t14-/m0/s1. The zero-order chi connectivity index (χ0) is 18.4. The molecule has 26 heavy (non-hydrogen) atoms. The molecule has 0 aliphatic carbocycles. The molecule has 2 aromatic carbocycles. The first-order valence-corrected chi connectivity index (χ1v) is 8.17. The van der Waals surface area contributed by atoms with Gasteiger partial charge in [-0.1, -0.05) is 53.7 Å². The van der Waals surface area contributed by atoms with Crippen LogP contribution in [0.4, 0.5) is 0 Å². The number of rotatable bonds is 6. The van der Waals surface area contributed by atoms with Crippen molar-refractivity contribution >= 4 is 11.9 Å². The summed E-state index contributed by atoms with van der Waals surface area (Å²) in [6.07, 6.45) is 0. The quantitative estimate of drug-likeness (QED) is 0.691. The second kappa shape index (κ2) is 8.11. The molecule has 0 aliphatic rings. The zero-order valence-corrected chi connectivity index (χ0v) is 14.2. The smallest absolute Gasteiger partial charge is 0.328 e. The van der Waals surface area contributed by atoms with Crippen LogP contribution in [0.2, 0.25) is 0 Å². The molecule has 0 saturated carbocycles. The molecule has 1 heterocycles. The Morgan fingerprint density at radius 2 is 1.73 bits per heavy atom. The van der Waals surface area contributed by atoms with Crippen LogP contribution in [0.25, 0.3) is 11.3 Å². The molecule has 6 heteroatoms. The molecule has 0 spiro atoms. The highest BCUT2D eigenvalue weighted by molar-refractivity contribution is 5.96. The van der Waals surface area contributed by atoms with Gasteiger partial charge in [0, 0.05) is 17.2 Å². The number of aromatic nitrogens is 1. The van der Waals surface area contributed by atoms with E-state index in [1.54, 1.807) is 37.3 Å². The number of carbonyl (C=O) groups excluding carboxylic acids is 2. The number of amides is 1. The fourth-order valence-electron chi connectivity index (χ4n) is 2.32. The van der Waals surface area contributed by atoms with E-state index in [2.05, 4.69) is 10.5 Å². The number of ether oxygens (including phenoxy) is 1. The molecular weight excluding hydrogens is 332 g/mol. The van der Waals surface area contributed by atoms with Crippen molar-refractivity contribution in [1.82, 2.24) is 10.5 Å². The maximum absolute atomic E-state index is 12.1. The van der Waals surface area contributed by atoms with E-state index in [1.165, 1.54) is 0 Å². The monoisotopic (exact) mass is 350 g/mol. The van der Waals surface area contributed by atoms with Gasteiger partial charge in [0.1, 0.15) is 18.3 Å². The molecule has 0 radical (unpaired) electrons. The van der Waals surface area contributed by atoms with Gasteiger partial charge >= 0.3 is 5.97 Å². The van der Waals surface area contributed by atoms with Crippen LogP contribution in [0.3, 0.4) is 0 Å². The lowest BCUT2D eigenvalue weighted by Crippen LogP contribution is -2.39. The summed E-state index contributed by atoms with van der Waals surface area (Å²) in [6.45, 7) is 1.54. The van der Waals surface area contributed by atoms with Crippen molar-refractivity contribution in [2.24, 2.45) is 0 Å². The van der Waals surface area contributed by atoms with E-state index in [4.69, 9.17) is 9.26 Å². The van der Waals surface area contributed by atoms with Gasteiger partial charge in [0.05, 0.1) is 0 Å². The maximum Gasteiger partial charge on any atom is 0.328 e. The van der Waals surface area contributed by atoms with Crippen LogP contribution in [0.5, 0.6) is 0 Å². The van der Waals surface area contributed by atoms with E-state index in [0.717, 1.165) is 5.56 Å². The lowest BCUT2D eigenvalue weighted by Gasteiger charge is -2.12. The van der Waals surface area contributed by atoms with E-state index in [1.807, 2.05) is 36.4 Å². The summed E-state index contributed by atoms with van der Waals surface area (Å²) in [7, 11) is 0. The molecule has 6 nitrogen and oxygen atoms in total. The SMILES string of the molecule is C[C@H](NC(=O)c1ccccc1)C(=O)OCc1cc(-c2ccccc2)on1. The molecule has 1 aromatic heterocycles. The van der Waals surface area contributed by atoms with Gasteiger partial charge in [-0.2, -0.15) is 0 Å². The molecule has 0 saturated heterocycles. The molecule has 1 N–H and O–H groups in total.